The highest BCUT2D eigenvalue weighted by Crippen LogP contribution is 2.22. The van der Waals surface area contributed by atoms with Crippen LogP contribution in [0, 0.1) is 12.7 Å². The molecular formula is C19H17ClFN5O2. The number of nitrogens with zero attached hydrogens (tertiary/aromatic N) is 5. The summed E-state index contributed by atoms with van der Waals surface area (Å²) in [5.41, 5.74) is 1.09. The standard InChI is InChI=1S/C19H17ClFN5O2/c1-12-23-18(24-28-12)13-2-5-17(22-11-13)25-6-8-26(9-7-25)19(27)15-4-3-14(21)10-16(15)20/h2-5,10-11H,6-9H2,1H3. The Labute approximate surface area is 165 Å². The van der Waals surface area contributed by atoms with Gasteiger partial charge >= 0.3 is 0 Å². The van der Waals surface area contributed by atoms with Gasteiger partial charge in [0.15, 0.2) is 0 Å². The van der Waals surface area contributed by atoms with E-state index in [2.05, 4.69) is 20.0 Å². The number of benzene rings is 1. The molecule has 2 aromatic heterocycles. The van der Waals surface area contributed by atoms with Gasteiger partial charge in [-0.1, -0.05) is 16.8 Å². The van der Waals surface area contributed by atoms with E-state index in [0.717, 1.165) is 17.4 Å². The third-order valence-electron chi connectivity index (χ3n) is 4.59. The SMILES string of the molecule is Cc1nc(-c2ccc(N3CCN(C(=O)c4ccc(F)cc4Cl)CC3)nc2)no1. The molecule has 0 bridgehead atoms. The van der Waals surface area contributed by atoms with Gasteiger partial charge in [-0.25, -0.2) is 9.37 Å². The van der Waals surface area contributed by atoms with Crippen molar-refractivity contribution in [1.82, 2.24) is 20.0 Å². The minimum absolute atomic E-state index is 0.126. The maximum absolute atomic E-state index is 13.2. The van der Waals surface area contributed by atoms with E-state index < -0.39 is 5.82 Å². The van der Waals surface area contributed by atoms with E-state index >= 15 is 0 Å². The second-order valence-corrected chi connectivity index (χ2v) is 6.85. The van der Waals surface area contributed by atoms with Crippen molar-refractivity contribution < 1.29 is 13.7 Å². The summed E-state index contributed by atoms with van der Waals surface area (Å²) in [4.78, 5) is 25.1. The van der Waals surface area contributed by atoms with Gasteiger partial charge in [-0.15, -0.1) is 0 Å². The normalized spacial score (nSPS) is 14.4. The average molecular weight is 402 g/mol. The number of aromatic nitrogens is 3. The van der Waals surface area contributed by atoms with E-state index in [1.165, 1.54) is 12.1 Å². The fourth-order valence-corrected chi connectivity index (χ4v) is 3.34. The lowest BCUT2D eigenvalue weighted by molar-refractivity contribution is 0.0746. The summed E-state index contributed by atoms with van der Waals surface area (Å²) in [5, 5.41) is 4.01. The van der Waals surface area contributed by atoms with Crippen molar-refractivity contribution in [3.63, 3.8) is 0 Å². The van der Waals surface area contributed by atoms with Gasteiger partial charge in [-0.05, 0) is 30.3 Å². The van der Waals surface area contributed by atoms with Gasteiger partial charge in [0.05, 0.1) is 10.6 Å². The van der Waals surface area contributed by atoms with Gasteiger partial charge in [-0.3, -0.25) is 4.79 Å². The highest BCUT2D eigenvalue weighted by Gasteiger charge is 2.24. The number of amides is 1. The molecule has 0 unspecified atom stereocenters. The van der Waals surface area contributed by atoms with Gasteiger partial charge in [0.2, 0.25) is 11.7 Å². The van der Waals surface area contributed by atoms with Crippen LogP contribution in [0.3, 0.4) is 0 Å². The van der Waals surface area contributed by atoms with E-state index in [4.69, 9.17) is 16.1 Å². The molecule has 1 aliphatic rings. The molecule has 3 heterocycles. The molecule has 1 aliphatic heterocycles. The van der Waals surface area contributed by atoms with Crippen molar-refractivity contribution in [3.05, 3.63) is 58.8 Å². The smallest absolute Gasteiger partial charge is 0.255 e. The number of pyridine rings is 1. The molecule has 0 radical (unpaired) electrons. The molecule has 4 rings (SSSR count). The van der Waals surface area contributed by atoms with Crippen LogP contribution < -0.4 is 4.90 Å². The molecule has 0 saturated carbocycles. The Kier molecular flexibility index (Phi) is 4.95. The molecule has 1 saturated heterocycles. The lowest BCUT2D eigenvalue weighted by Crippen LogP contribution is -2.49. The van der Waals surface area contributed by atoms with Gasteiger partial charge in [-0.2, -0.15) is 4.98 Å². The van der Waals surface area contributed by atoms with Crippen LogP contribution in [0.2, 0.25) is 5.02 Å². The van der Waals surface area contributed by atoms with Gasteiger partial charge in [0.1, 0.15) is 11.6 Å². The maximum atomic E-state index is 13.2. The van der Waals surface area contributed by atoms with Crippen LogP contribution in [0.4, 0.5) is 10.2 Å². The predicted octanol–water partition coefficient (Wildman–Crippen LogP) is 3.19. The van der Waals surface area contributed by atoms with E-state index in [-0.39, 0.29) is 10.9 Å². The highest BCUT2D eigenvalue weighted by atomic mass is 35.5. The summed E-state index contributed by atoms with van der Waals surface area (Å²) >= 11 is 6.01. The largest absolute Gasteiger partial charge is 0.353 e. The van der Waals surface area contributed by atoms with Gasteiger partial charge in [0, 0.05) is 44.9 Å². The number of aryl methyl sites for hydroxylation is 1. The van der Waals surface area contributed by atoms with E-state index in [9.17, 15) is 9.18 Å². The van der Waals surface area contributed by atoms with Crippen molar-refractivity contribution in [2.24, 2.45) is 0 Å². The lowest BCUT2D eigenvalue weighted by Gasteiger charge is -2.35. The average Bonchev–Trinajstić information content (AvgIpc) is 3.14. The zero-order valence-electron chi connectivity index (χ0n) is 15.1. The molecule has 0 N–H and O–H groups in total. The second kappa shape index (κ2) is 7.55. The van der Waals surface area contributed by atoms with Crippen molar-refractivity contribution in [1.29, 1.82) is 0 Å². The molecule has 1 fully saturated rings. The molecule has 144 valence electrons. The van der Waals surface area contributed by atoms with Crippen molar-refractivity contribution >= 4 is 23.3 Å². The number of anilines is 1. The Morgan fingerprint density at radius 1 is 1.18 bits per heavy atom. The lowest BCUT2D eigenvalue weighted by atomic mass is 10.1. The van der Waals surface area contributed by atoms with Crippen LogP contribution in [0.1, 0.15) is 16.2 Å². The number of carbonyl (C=O) groups is 1. The molecule has 0 aliphatic carbocycles. The van der Waals surface area contributed by atoms with Gasteiger partial charge < -0.3 is 14.3 Å². The molecule has 1 aromatic carbocycles. The summed E-state index contributed by atoms with van der Waals surface area (Å²) in [6, 6.07) is 7.61. The summed E-state index contributed by atoms with van der Waals surface area (Å²) in [6.07, 6.45) is 1.70. The van der Waals surface area contributed by atoms with Crippen LogP contribution in [0.5, 0.6) is 0 Å². The Hall–Kier alpha value is -3.00. The number of piperazine rings is 1. The first-order valence-electron chi connectivity index (χ1n) is 8.77. The van der Waals surface area contributed by atoms with E-state index in [0.29, 0.717) is 43.5 Å². The van der Waals surface area contributed by atoms with Crippen LogP contribution in [0.25, 0.3) is 11.4 Å². The minimum Gasteiger partial charge on any atom is -0.353 e. The second-order valence-electron chi connectivity index (χ2n) is 6.45. The summed E-state index contributed by atoms with van der Waals surface area (Å²) < 4.78 is 18.2. The van der Waals surface area contributed by atoms with Crippen molar-refractivity contribution in [2.75, 3.05) is 31.1 Å². The first kappa shape index (κ1) is 18.4. The van der Waals surface area contributed by atoms with E-state index in [1.807, 2.05) is 12.1 Å². The molecule has 0 spiro atoms. The van der Waals surface area contributed by atoms with Crippen molar-refractivity contribution in [2.45, 2.75) is 6.92 Å². The molecule has 1 amide bonds. The topological polar surface area (TPSA) is 75.4 Å². The first-order valence-corrected chi connectivity index (χ1v) is 9.15. The highest BCUT2D eigenvalue weighted by molar-refractivity contribution is 6.33. The molecule has 9 heteroatoms. The molecule has 3 aromatic rings. The number of rotatable bonds is 3. The third kappa shape index (κ3) is 3.68. The summed E-state index contributed by atoms with van der Waals surface area (Å²) in [5.74, 6) is 1.16. The first-order chi connectivity index (χ1) is 13.5. The zero-order valence-corrected chi connectivity index (χ0v) is 15.9. The Balaban J connectivity index is 1.40. The fourth-order valence-electron chi connectivity index (χ4n) is 3.09. The Morgan fingerprint density at radius 3 is 2.57 bits per heavy atom. The Morgan fingerprint density at radius 2 is 1.96 bits per heavy atom. The van der Waals surface area contributed by atoms with Crippen LogP contribution >= 0.6 is 11.6 Å². The van der Waals surface area contributed by atoms with Crippen LogP contribution in [0.15, 0.2) is 41.1 Å². The number of halogens is 2. The Bertz CT molecular complexity index is 1000. The van der Waals surface area contributed by atoms with Gasteiger partial charge in [0.25, 0.3) is 5.91 Å². The molecule has 7 nitrogen and oxygen atoms in total. The zero-order chi connectivity index (χ0) is 19.7. The summed E-state index contributed by atoms with van der Waals surface area (Å²) in [7, 11) is 0. The van der Waals surface area contributed by atoms with E-state index in [1.54, 1.807) is 18.0 Å². The number of carbonyl (C=O) groups excluding carboxylic acids is 1. The quantitative estimate of drug-likeness (QED) is 0.671. The fraction of sp³-hybridized carbons (Fsp3) is 0.263. The third-order valence-corrected chi connectivity index (χ3v) is 4.90. The van der Waals surface area contributed by atoms with Crippen LogP contribution in [-0.4, -0.2) is 52.1 Å². The maximum Gasteiger partial charge on any atom is 0.255 e. The molecular weight excluding hydrogens is 385 g/mol. The monoisotopic (exact) mass is 401 g/mol. The number of hydrogen-bond acceptors (Lipinski definition) is 6. The predicted molar refractivity (Wildman–Crippen MR) is 102 cm³/mol. The molecule has 28 heavy (non-hydrogen) atoms. The summed E-state index contributed by atoms with van der Waals surface area (Å²) in [6.45, 7) is 4.06. The minimum atomic E-state index is -0.461. The number of hydrogen-bond donors (Lipinski definition) is 0. The van der Waals surface area contributed by atoms with Crippen LogP contribution in [-0.2, 0) is 0 Å². The molecule has 0 atom stereocenters. The van der Waals surface area contributed by atoms with Crippen molar-refractivity contribution in [3.8, 4) is 11.4 Å².